The number of anilines is 1. The van der Waals surface area contributed by atoms with Gasteiger partial charge in [0.05, 0.1) is 25.2 Å². The molecule has 9 nitrogen and oxygen atoms in total. The number of ether oxygens (including phenoxy) is 3. The molecule has 24 heavy (non-hydrogen) atoms. The van der Waals surface area contributed by atoms with Crippen LogP contribution in [0, 0.1) is 0 Å². The topological polar surface area (TPSA) is 96.9 Å². The molecule has 2 aromatic heterocycles. The molecule has 0 amide bonds. The summed E-state index contributed by atoms with van der Waals surface area (Å²) in [7, 11) is 5.18. The fourth-order valence-electron chi connectivity index (χ4n) is 3.79. The van der Waals surface area contributed by atoms with E-state index < -0.39 is 11.8 Å². The highest BCUT2D eigenvalue weighted by molar-refractivity contribution is 5.83. The van der Waals surface area contributed by atoms with E-state index in [0.29, 0.717) is 30.0 Å². The molecule has 0 aliphatic carbocycles. The van der Waals surface area contributed by atoms with Crippen molar-refractivity contribution in [3.8, 4) is 0 Å². The van der Waals surface area contributed by atoms with E-state index in [2.05, 4.69) is 9.97 Å². The molecule has 9 heteroatoms. The zero-order chi connectivity index (χ0) is 16.9. The summed E-state index contributed by atoms with van der Waals surface area (Å²) in [5, 5.41) is 1.76. The summed E-state index contributed by atoms with van der Waals surface area (Å²) in [5.74, 6) is 0. The Morgan fingerprint density at radius 1 is 1.42 bits per heavy atom. The number of hydroxylamine groups is 2. The van der Waals surface area contributed by atoms with E-state index in [0.717, 1.165) is 0 Å². The molecule has 0 radical (unpaired) electrons. The minimum Gasteiger partial charge on any atom is -0.397 e. The van der Waals surface area contributed by atoms with Gasteiger partial charge in [0.25, 0.3) is 0 Å². The van der Waals surface area contributed by atoms with E-state index in [1.165, 1.54) is 0 Å². The van der Waals surface area contributed by atoms with Crippen molar-refractivity contribution in [2.24, 2.45) is 0 Å². The van der Waals surface area contributed by atoms with Gasteiger partial charge in [-0.05, 0) is 6.07 Å². The van der Waals surface area contributed by atoms with Gasteiger partial charge in [-0.25, -0.2) is 9.97 Å². The lowest BCUT2D eigenvalue weighted by Crippen LogP contribution is -2.59. The molecule has 2 N–H and O–H groups in total. The number of pyridine rings is 1. The zero-order valence-electron chi connectivity index (χ0n) is 13.9. The predicted molar refractivity (Wildman–Crippen MR) is 85.0 cm³/mol. The second kappa shape index (κ2) is 5.64. The van der Waals surface area contributed by atoms with Crippen LogP contribution in [0.25, 0.3) is 11.2 Å². The first-order chi connectivity index (χ1) is 11.6. The van der Waals surface area contributed by atoms with E-state index >= 15 is 0 Å². The summed E-state index contributed by atoms with van der Waals surface area (Å²) in [5.41, 5.74) is 7.24. The monoisotopic (exact) mass is 335 g/mol. The smallest absolute Gasteiger partial charge is 0.168 e. The van der Waals surface area contributed by atoms with Gasteiger partial charge in [-0.1, -0.05) is 0 Å². The molecule has 130 valence electrons. The molecule has 2 unspecified atom stereocenters. The first kappa shape index (κ1) is 15.7. The SMILES string of the molecule is COC[C@]12CN(C)OC(C1OC)[C@H](n1cnc3c(N)ccnc31)O2. The van der Waals surface area contributed by atoms with E-state index in [4.69, 9.17) is 24.8 Å². The maximum Gasteiger partial charge on any atom is 0.168 e. The molecule has 2 saturated heterocycles. The van der Waals surface area contributed by atoms with Crippen molar-refractivity contribution in [1.29, 1.82) is 0 Å². The number of hydrogen-bond acceptors (Lipinski definition) is 8. The Hall–Kier alpha value is -1.78. The predicted octanol–water partition coefficient (Wildman–Crippen LogP) is 0.188. The van der Waals surface area contributed by atoms with Gasteiger partial charge in [0.2, 0.25) is 0 Å². The standard InChI is InChI=1S/C15H21N5O4/c1-19-6-15(7-21-2)12(22-3)11(24-19)14(23-15)20-8-18-10-9(16)4-5-17-13(10)20/h4-5,8,11-12,14H,6-7H2,1-3H3,(H2,16,17)/t11?,12?,14-,15-/m1/s1. The first-order valence-corrected chi connectivity index (χ1v) is 7.74. The van der Waals surface area contributed by atoms with Gasteiger partial charge in [0, 0.05) is 27.5 Å². The summed E-state index contributed by atoms with van der Waals surface area (Å²) < 4.78 is 19.4. The van der Waals surface area contributed by atoms with Gasteiger partial charge in [0.1, 0.15) is 17.2 Å². The zero-order valence-corrected chi connectivity index (χ0v) is 13.9. The maximum atomic E-state index is 6.41. The molecular weight excluding hydrogens is 314 g/mol. The Bertz CT molecular complexity index is 753. The quantitative estimate of drug-likeness (QED) is 0.846. The van der Waals surface area contributed by atoms with Crippen molar-refractivity contribution in [2.45, 2.75) is 24.0 Å². The molecule has 2 aliphatic heterocycles. The van der Waals surface area contributed by atoms with Crippen LogP contribution in [-0.4, -0.2) is 71.8 Å². The lowest BCUT2D eigenvalue weighted by atomic mass is 9.94. The van der Waals surface area contributed by atoms with E-state index in [1.807, 2.05) is 11.6 Å². The number of aromatic nitrogens is 3. The molecule has 0 saturated carbocycles. The average molecular weight is 335 g/mol. The van der Waals surface area contributed by atoms with E-state index in [9.17, 15) is 0 Å². The summed E-state index contributed by atoms with van der Waals surface area (Å²) in [6, 6.07) is 1.72. The second-order valence-electron chi connectivity index (χ2n) is 6.24. The Kier molecular flexibility index (Phi) is 3.70. The largest absolute Gasteiger partial charge is 0.397 e. The van der Waals surface area contributed by atoms with Gasteiger partial charge in [0.15, 0.2) is 18.0 Å². The number of rotatable bonds is 4. The van der Waals surface area contributed by atoms with Crippen molar-refractivity contribution in [2.75, 3.05) is 40.2 Å². The highest BCUT2D eigenvalue weighted by Gasteiger charge is 2.61. The summed E-state index contributed by atoms with van der Waals surface area (Å²) in [4.78, 5) is 14.8. The molecule has 2 fully saturated rings. The van der Waals surface area contributed by atoms with Crippen LogP contribution in [0.3, 0.4) is 0 Å². The van der Waals surface area contributed by atoms with Crippen molar-refractivity contribution in [3.05, 3.63) is 18.6 Å². The number of hydrogen-bond donors (Lipinski definition) is 1. The molecule has 4 rings (SSSR count). The van der Waals surface area contributed by atoms with E-state index in [-0.39, 0.29) is 12.2 Å². The van der Waals surface area contributed by atoms with Crippen molar-refractivity contribution >= 4 is 16.9 Å². The number of nitrogen functional groups attached to an aromatic ring is 1. The number of methoxy groups -OCH3 is 2. The normalized spacial score (nSPS) is 33.4. The van der Waals surface area contributed by atoms with Crippen LogP contribution in [0.1, 0.15) is 6.23 Å². The molecular formula is C15H21N5O4. The Labute approximate surface area is 139 Å². The summed E-state index contributed by atoms with van der Waals surface area (Å²) in [6.07, 6.45) is 2.29. The third-order valence-electron chi connectivity index (χ3n) is 4.65. The minimum absolute atomic E-state index is 0.267. The number of nitrogens with two attached hydrogens (primary N) is 1. The Morgan fingerprint density at radius 3 is 3.00 bits per heavy atom. The van der Waals surface area contributed by atoms with Gasteiger partial charge in [-0.15, -0.1) is 0 Å². The Morgan fingerprint density at radius 2 is 2.25 bits per heavy atom. The number of nitrogens with zero attached hydrogens (tertiary/aromatic N) is 4. The molecule has 0 aromatic carbocycles. The number of fused-ring (bicyclic) bond motifs is 3. The van der Waals surface area contributed by atoms with Crippen LogP contribution in [0.4, 0.5) is 5.69 Å². The van der Waals surface area contributed by atoms with Gasteiger partial charge in [-0.2, -0.15) is 5.06 Å². The fraction of sp³-hybridized carbons (Fsp3) is 0.600. The molecule has 4 heterocycles. The molecule has 2 bridgehead atoms. The van der Waals surface area contributed by atoms with Crippen LogP contribution < -0.4 is 5.73 Å². The third kappa shape index (κ3) is 2.13. The first-order valence-electron chi connectivity index (χ1n) is 7.74. The third-order valence-corrected chi connectivity index (χ3v) is 4.65. The van der Waals surface area contributed by atoms with Crippen molar-refractivity contribution < 1.29 is 19.0 Å². The highest BCUT2D eigenvalue weighted by Crippen LogP contribution is 2.45. The average Bonchev–Trinajstić information content (AvgIpc) is 3.04. The van der Waals surface area contributed by atoms with Crippen LogP contribution in [-0.2, 0) is 19.0 Å². The maximum absolute atomic E-state index is 6.41. The number of imidazole rings is 1. The van der Waals surface area contributed by atoms with E-state index in [1.54, 1.807) is 37.9 Å². The van der Waals surface area contributed by atoms with Crippen LogP contribution in [0.2, 0.25) is 0 Å². The summed E-state index contributed by atoms with van der Waals surface area (Å²) in [6.45, 7) is 0.933. The van der Waals surface area contributed by atoms with Gasteiger partial charge in [-0.3, -0.25) is 9.40 Å². The molecule has 2 aliphatic rings. The second-order valence-corrected chi connectivity index (χ2v) is 6.24. The molecule has 2 aromatic rings. The fourth-order valence-corrected chi connectivity index (χ4v) is 3.79. The highest BCUT2D eigenvalue weighted by atomic mass is 16.7. The minimum atomic E-state index is -0.622. The van der Waals surface area contributed by atoms with Crippen LogP contribution >= 0.6 is 0 Å². The molecule has 4 atom stereocenters. The van der Waals surface area contributed by atoms with Crippen LogP contribution in [0.5, 0.6) is 0 Å². The summed E-state index contributed by atoms with van der Waals surface area (Å²) >= 11 is 0. The van der Waals surface area contributed by atoms with Crippen molar-refractivity contribution in [3.63, 3.8) is 0 Å². The molecule has 0 spiro atoms. The lowest BCUT2D eigenvalue weighted by molar-refractivity contribution is -0.262. The lowest BCUT2D eigenvalue weighted by Gasteiger charge is -2.40. The number of likely N-dealkylation sites (N-methyl/N-ethyl adjacent to an activating group) is 1. The van der Waals surface area contributed by atoms with Crippen molar-refractivity contribution in [1.82, 2.24) is 19.6 Å². The Balaban J connectivity index is 1.79. The van der Waals surface area contributed by atoms with Crippen LogP contribution in [0.15, 0.2) is 18.6 Å². The van der Waals surface area contributed by atoms with Gasteiger partial charge < -0.3 is 19.9 Å². The van der Waals surface area contributed by atoms with Gasteiger partial charge >= 0.3 is 0 Å².